The molecule has 1 fully saturated rings. The molecule has 1 saturated heterocycles. The number of aliphatic hydroxyl groups excluding tert-OH is 1. The van der Waals surface area contributed by atoms with Gasteiger partial charge in [0.1, 0.15) is 29.7 Å². The fourth-order valence-electron chi connectivity index (χ4n) is 3.38. The Morgan fingerprint density at radius 1 is 1.26 bits per heavy atom. The van der Waals surface area contributed by atoms with Crippen LogP contribution in [0, 0.1) is 0 Å². The molecule has 210 valence electrons. The Hall–Kier alpha value is -2.74. The minimum absolute atomic E-state index is 0.0637. The molecule has 1 aliphatic heterocycles. The van der Waals surface area contributed by atoms with E-state index >= 15 is 4.39 Å². The smallest absolute Gasteiger partial charge is 0.459 e. The van der Waals surface area contributed by atoms with Crippen LogP contribution in [0.3, 0.4) is 0 Å². The van der Waals surface area contributed by atoms with Crippen LogP contribution in [0.1, 0.15) is 27.0 Å². The van der Waals surface area contributed by atoms with Crippen LogP contribution in [0.25, 0.3) is 0 Å². The SMILES string of the molecule is COc1ccc(OP(=O)(N[C@@H](C)C(=O)OC(C)C)OC[C@H]2O[C@@H](n3ccc(=O)[nH]c3=O)[C@@](F)(Cl)[C@@H]2O)cc1. The van der Waals surface area contributed by atoms with Crippen LogP contribution in [0.15, 0.2) is 46.1 Å². The van der Waals surface area contributed by atoms with Gasteiger partial charge in [0, 0.05) is 12.3 Å². The standard InChI is InChI=1S/C22H28ClFN3O10P/c1-12(2)35-19(30)13(3)26-38(32,37-15-7-5-14(33-4)6-8-15)34-11-16-18(29)22(23,24)20(36-16)27-10-9-17(28)25-21(27)31/h5-10,12-13,16,18,20,29H,11H2,1-4H3,(H,26,32)(H,25,28,31)/t13-,16+,18+,20+,22+,38?/m0/s1. The van der Waals surface area contributed by atoms with Crippen molar-refractivity contribution in [2.75, 3.05) is 13.7 Å². The number of benzene rings is 1. The molecule has 1 aliphatic rings. The number of aliphatic hydroxyl groups is 1. The van der Waals surface area contributed by atoms with Crippen LogP contribution in [-0.2, 0) is 23.4 Å². The number of rotatable bonds is 11. The van der Waals surface area contributed by atoms with Crippen LogP contribution >= 0.6 is 19.3 Å². The lowest BCUT2D eigenvalue weighted by atomic mass is 10.1. The lowest BCUT2D eigenvalue weighted by Crippen LogP contribution is -2.42. The zero-order valence-electron chi connectivity index (χ0n) is 20.8. The molecule has 6 atom stereocenters. The van der Waals surface area contributed by atoms with Gasteiger partial charge in [-0.2, -0.15) is 5.09 Å². The first-order chi connectivity index (χ1) is 17.8. The topological polar surface area (TPSA) is 167 Å². The fourth-order valence-corrected chi connectivity index (χ4v) is 5.18. The molecule has 0 amide bonds. The summed E-state index contributed by atoms with van der Waals surface area (Å²) >= 11 is 5.87. The Morgan fingerprint density at radius 3 is 2.47 bits per heavy atom. The maximum atomic E-state index is 15.3. The number of carbonyl (C=O) groups is 1. The summed E-state index contributed by atoms with van der Waals surface area (Å²) in [4.78, 5) is 37.7. The number of aromatic amines is 1. The number of halogens is 2. The molecular formula is C22H28ClFN3O10P. The molecule has 0 bridgehead atoms. The molecule has 3 rings (SSSR count). The van der Waals surface area contributed by atoms with Crippen molar-refractivity contribution in [2.24, 2.45) is 0 Å². The average molecular weight is 580 g/mol. The molecule has 1 unspecified atom stereocenters. The molecule has 0 spiro atoms. The number of hydrogen-bond donors (Lipinski definition) is 3. The van der Waals surface area contributed by atoms with Crippen molar-refractivity contribution in [3.8, 4) is 11.5 Å². The second-order valence-electron chi connectivity index (χ2n) is 8.56. The number of carbonyl (C=O) groups excluding carboxylic acids is 1. The first-order valence-corrected chi connectivity index (χ1v) is 13.3. The van der Waals surface area contributed by atoms with Gasteiger partial charge in [-0.25, -0.2) is 13.8 Å². The van der Waals surface area contributed by atoms with Gasteiger partial charge in [-0.05, 0) is 45.0 Å². The van der Waals surface area contributed by atoms with E-state index in [1.54, 1.807) is 13.8 Å². The number of esters is 1. The number of aromatic nitrogens is 2. The number of ether oxygens (including phenoxy) is 3. The van der Waals surface area contributed by atoms with Gasteiger partial charge in [0.25, 0.3) is 10.7 Å². The van der Waals surface area contributed by atoms with Crippen LogP contribution in [-0.4, -0.2) is 63.8 Å². The van der Waals surface area contributed by atoms with Crippen molar-refractivity contribution in [2.45, 2.75) is 56.5 Å². The number of nitrogens with one attached hydrogen (secondary N) is 2. The number of methoxy groups -OCH3 is 1. The minimum Gasteiger partial charge on any atom is -0.497 e. The third-order valence-electron chi connectivity index (χ3n) is 5.23. The van der Waals surface area contributed by atoms with E-state index in [0.29, 0.717) is 10.3 Å². The summed E-state index contributed by atoms with van der Waals surface area (Å²) in [6.07, 6.45) is -4.99. The molecule has 0 aliphatic carbocycles. The maximum absolute atomic E-state index is 15.3. The van der Waals surface area contributed by atoms with Gasteiger partial charge in [-0.15, -0.1) is 0 Å². The summed E-state index contributed by atoms with van der Waals surface area (Å²) in [5.41, 5.74) is -1.77. The molecule has 0 saturated carbocycles. The van der Waals surface area contributed by atoms with E-state index < -0.39 is 67.3 Å². The third kappa shape index (κ3) is 7.01. The van der Waals surface area contributed by atoms with Crippen molar-refractivity contribution in [3.63, 3.8) is 0 Å². The molecule has 38 heavy (non-hydrogen) atoms. The molecular weight excluding hydrogens is 552 g/mol. The van der Waals surface area contributed by atoms with Gasteiger partial charge in [-0.3, -0.25) is 23.7 Å². The van der Waals surface area contributed by atoms with Crippen molar-refractivity contribution in [3.05, 3.63) is 57.4 Å². The molecule has 2 aromatic rings. The Balaban J connectivity index is 1.81. The minimum atomic E-state index is -4.41. The zero-order chi connectivity index (χ0) is 28.3. The first-order valence-electron chi connectivity index (χ1n) is 11.3. The van der Waals surface area contributed by atoms with Gasteiger partial charge in [0.2, 0.25) is 0 Å². The van der Waals surface area contributed by atoms with Gasteiger partial charge in [0.15, 0.2) is 6.23 Å². The summed E-state index contributed by atoms with van der Waals surface area (Å²) in [5, 5.41) is 9.88. The first kappa shape index (κ1) is 29.8. The lowest BCUT2D eigenvalue weighted by molar-refractivity contribution is -0.149. The van der Waals surface area contributed by atoms with E-state index in [2.05, 4.69) is 5.09 Å². The van der Waals surface area contributed by atoms with Crippen molar-refractivity contribution in [1.29, 1.82) is 0 Å². The summed E-state index contributed by atoms with van der Waals surface area (Å²) in [5.74, 6) is -0.198. The van der Waals surface area contributed by atoms with Gasteiger partial charge in [0.05, 0.1) is 19.8 Å². The van der Waals surface area contributed by atoms with E-state index in [9.17, 15) is 24.1 Å². The summed E-state index contributed by atoms with van der Waals surface area (Å²) in [6.45, 7) is 3.88. The van der Waals surface area contributed by atoms with E-state index in [0.717, 1.165) is 12.3 Å². The highest BCUT2D eigenvalue weighted by Gasteiger charge is 2.58. The van der Waals surface area contributed by atoms with Gasteiger partial charge < -0.3 is 23.8 Å². The summed E-state index contributed by atoms with van der Waals surface area (Å²) in [7, 11) is -2.96. The van der Waals surface area contributed by atoms with Crippen LogP contribution in [0.2, 0.25) is 0 Å². The molecule has 13 nitrogen and oxygen atoms in total. The van der Waals surface area contributed by atoms with Crippen LogP contribution < -0.4 is 25.6 Å². The second-order valence-corrected chi connectivity index (χ2v) is 10.8. The normalized spacial score (nSPS) is 25.5. The van der Waals surface area contributed by atoms with Gasteiger partial charge in [-0.1, -0.05) is 11.6 Å². The van der Waals surface area contributed by atoms with Crippen LogP contribution in [0.4, 0.5) is 4.39 Å². The third-order valence-corrected chi connectivity index (χ3v) is 7.29. The number of alkyl halides is 2. The number of nitrogens with zero attached hydrogens (tertiary/aromatic N) is 1. The maximum Gasteiger partial charge on any atom is 0.459 e. The summed E-state index contributed by atoms with van der Waals surface area (Å²) in [6, 6.07) is 5.68. The molecule has 3 N–H and O–H groups in total. The second kappa shape index (κ2) is 12.0. The Kier molecular flexibility index (Phi) is 9.39. The number of hydrogen-bond acceptors (Lipinski definition) is 10. The quantitative estimate of drug-likeness (QED) is 0.202. The zero-order valence-corrected chi connectivity index (χ0v) is 22.5. The lowest BCUT2D eigenvalue weighted by Gasteiger charge is -2.25. The number of H-pyrrole nitrogens is 1. The molecule has 1 aromatic heterocycles. The van der Waals surface area contributed by atoms with Crippen LogP contribution in [0.5, 0.6) is 11.5 Å². The predicted molar refractivity (Wildman–Crippen MR) is 132 cm³/mol. The molecule has 1 aromatic carbocycles. The van der Waals surface area contributed by atoms with Crippen molar-refractivity contribution < 1.29 is 42.1 Å². The largest absolute Gasteiger partial charge is 0.497 e. The average Bonchev–Trinajstić information content (AvgIpc) is 3.06. The highest BCUT2D eigenvalue weighted by molar-refractivity contribution is 7.52. The molecule has 0 radical (unpaired) electrons. The van der Waals surface area contributed by atoms with Gasteiger partial charge >= 0.3 is 19.4 Å². The molecule has 2 heterocycles. The summed E-state index contributed by atoms with van der Waals surface area (Å²) < 4.78 is 56.1. The molecule has 16 heteroatoms. The van der Waals surface area contributed by atoms with Crippen molar-refractivity contribution in [1.82, 2.24) is 14.6 Å². The monoisotopic (exact) mass is 579 g/mol. The van der Waals surface area contributed by atoms with E-state index in [1.807, 2.05) is 4.98 Å². The Morgan fingerprint density at radius 2 is 1.89 bits per heavy atom. The Bertz CT molecular complexity index is 1290. The van der Waals surface area contributed by atoms with Crippen molar-refractivity contribution >= 4 is 25.3 Å². The highest BCUT2D eigenvalue weighted by atomic mass is 35.5. The van der Waals surface area contributed by atoms with E-state index in [1.165, 1.54) is 38.3 Å². The van der Waals surface area contributed by atoms with E-state index in [-0.39, 0.29) is 5.75 Å². The van der Waals surface area contributed by atoms with E-state index in [4.69, 9.17) is 34.9 Å². The fraction of sp³-hybridized carbons (Fsp3) is 0.500. The predicted octanol–water partition coefficient (Wildman–Crippen LogP) is 1.84. The Labute approximate surface area is 221 Å². The highest BCUT2D eigenvalue weighted by Crippen LogP contribution is 2.48.